The summed E-state index contributed by atoms with van der Waals surface area (Å²) < 4.78 is 33.6. The number of alkyl halides is 2. The van der Waals surface area contributed by atoms with E-state index in [9.17, 15) is 13.6 Å². The van der Waals surface area contributed by atoms with Gasteiger partial charge in [-0.25, -0.2) is 0 Å². The van der Waals surface area contributed by atoms with Crippen molar-refractivity contribution in [3.05, 3.63) is 18.2 Å². The standard InChI is InChI=1S/C12H13F2NO3/c1-17-9-5-4-8(6-10(9)18-12(13)14)15-11(16)7-2-3-7/h4-7,12H,2-3H2,1H3,(H,15,16). The predicted molar refractivity (Wildman–Crippen MR) is 61.0 cm³/mol. The summed E-state index contributed by atoms with van der Waals surface area (Å²) in [6, 6.07) is 4.38. The van der Waals surface area contributed by atoms with E-state index in [4.69, 9.17) is 4.74 Å². The number of carbonyl (C=O) groups excluding carboxylic acids is 1. The summed E-state index contributed by atoms with van der Waals surface area (Å²) >= 11 is 0. The van der Waals surface area contributed by atoms with Crippen LogP contribution < -0.4 is 14.8 Å². The number of amides is 1. The minimum Gasteiger partial charge on any atom is -0.493 e. The van der Waals surface area contributed by atoms with Gasteiger partial charge < -0.3 is 14.8 Å². The Balaban J connectivity index is 2.13. The van der Waals surface area contributed by atoms with Crippen molar-refractivity contribution in [3.8, 4) is 11.5 Å². The molecule has 18 heavy (non-hydrogen) atoms. The van der Waals surface area contributed by atoms with E-state index >= 15 is 0 Å². The Morgan fingerprint density at radius 2 is 2.11 bits per heavy atom. The van der Waals surface area contributed by atoms with Crippen molar-refractivity contribution < 1.29 is 23.0 Å². The van der Waals surface area contributed by atoms with E-state index in [1.165, 1.54) is 19.2 Å². The molecule has 0 aromatic heterocycles. The molecule has 1 aliphatic carbocycles. The molecule has 0 saturated heterocycles. The Hall–Kier alpha value is -1.85. The number of ether oxygens (including phenoxy) is 2. The van der Waals surface area contributed by atoms with Gasteiger partial charge in [0.05, 0.1) is 7.11 Å². The van der Waals surface area contributed by atoms with Crippen molar-refractivity contribution >= 4 is 11.6 Å². The summed E-state index contributed by atoms with van der Waals surface area (Å²) in [7, 11) is 1.36. The molecule has 1 fully saturated rings. The lowest BCUT2D eigenvalue weighted by Gasteiger charge is -2.12. The second-order valence-electron chi connectivity index (χ2n) is 4.01. The molecule has 1 aromatic carbocycles. The fraction of sp³-hybridized carbons (Fsp3) is 0.417. The van der Waals surface area contributed by atoms with Gasteiger partial charge in [0.1, 0.15) is 0 Å². The Morgan fingerprint density at radius 3 is 2.67 bits per heavy atom. The van der Waals surface area contributed by atoms with Gasteiger partial charge in [0.15, 0.2) is 11.5 Å². The molecule has 0 aliphatic heterocycles. The van der Waals surface area contributed by atoms with Crippen LogP contribution in [0.3, 0.4) is 0 Å². The highest BCUT2D eigenvalue weighted by Gasteiger charge is 2.29. The van der Waals surface area contributed by atoms with Crippen LogP contribution >= 0.6 is 0 Å². The van der Waals surface area contributed by atoms with Crippen molar-refractivity contribution in [2.45, 2.75) is 19.5 Å². The Labute approximate surface area is 103 Å². The minimum atomic E-state index is -2.94. The first-order valence-electron chi connectivity index (χ1n) is 5.54. The molecule has 0 radical (unpaired) electrons. The van der Waals surface area contributed by atoms with Crippen LogP contribution in [0.4, 0.5) is 14.5 Å². The van der Waals surface area contributed by atoms with Crippen LogP contribution in [0.15, 0.2) is 18.2 Å². The van der Waals surface area contributed by atoms with Crippen LogP contribution in [0.1, 0.15) is 12.8 Å². The Bertz CT molecular complexity index is 447. The minimum absolute atomic E-state index is 0.0477. The number of anilines is 1. The fourth-order valence-corrected chi connectivity index (χ4v) is 1.53. The predicted octanol–water partition coefficient (Wildman–Crippen LogP) is 2.65. The lowest BCUT2D eigenvalue weighted by Crippen LogP contribution is -2.13. The van der Waals surface area contributed by atoms with Crippen molar-refractivity contribution in [3.63, 3.8) is 0 Å². The van der Waals surface area contributed by atoms with E-state index in [1.54, 1.807) is 6.07 Å². The van der Waals surface area contributed by atoms with E-state index in [2.05, 4.69) is 10.1 Å². The lowest BCUT2D eigenvalue weighted by molar-refractivity contribution is -0.117. The second kappa shape index (κ2) is 5.20. The monoisotopic (exact) mass is 257 g/mol. The van der Waals surface area contributed by atoms with Gasteiger partial charge in [-0.2, -0.15) is 8.78 Å². The number of hydrogen-bond acceptors (Lipinski definition) is 3. The number of rotatable bonds is 5. The zero-order chi connectivity index (χ0) is 13.1. The van der Waals surface area contributed by atoms with E-state index in [0.717, 1.165) is 12.8 Å². The van der Waals surface area contributed by atoms with Crippen LogP contribution in [0.2, 0.25) is 0 Å². The summed E-state index contributed by atoms with van der Waals surface area (Å²) in [5.41, 5.74) is 0.420. The topological polar surface area (TPSA) is 47.6 Å². The average molecular weight is 257 g/mol. The molecule has 1 amide bonds. The number of halogens is 2. The summed E-state index contributed by atoms with van der Waals surface area (Å²) in [4.78, 5) is 11.5. The molecular formula is C12H13F2NO3. The quantitative estimate of drug-likeness (QED) is 0.882. The summed E-state index contributed by atoms with van der Waals surface area (Å²) in [5.74, 6) is 0.0514. The van der Waals surface area contributed by atoms with Crippen LogP contribution in [0.25, 0.3) is 0 Å². The molecule has 1 saturated carbocycles. The molecule has 0 spiro atoms. The zero-order valence-electron chi connectivity index (χ0n) is 9.78. The highest BCUT2D eigenvalue weighted by atomic mass is 19.3. The van der Waals surface area contributed by atoms with Crippen LogP contribution in [0.5, 0.6) is 11.5 Å². The van der Waals surface area contributed by atoms with E-state index in [1.807, 2.05) is 0 Å². The third-order valence-corrected chi connectivity index (χ3v) is 2.60. The molecule has 6 heteroatoms. The Morgan fingerprint density at radius 1 is 1.39 bits per heavy atom. The third kappa shape index (κ3) is 3.09. The first-order chi connectivity index (χ1) is 8.60. The third-order valence-electron chi connectivity index (χ3n) is 2.60. The summed E-state index contributed by atoms with van der Waals surface area (Å²) in [6.45, 7) is -2.94. The molecule has 0 heterocycles. The van der Waals surface area contributed by atoms with Crippen molar-refractivity contribution in [2.75, 3.05) is 12.4 Å². The number of carbonyl (C=O) groups is 1. The number of benzene rings is 1. The van der Waals surface area contributed by atoms with Crippen LogP contribution in [-0.2, 0) is 4.79 Å². The maximum atomic E-state index is 12.2. The molecule has 0 bridgehead atoms. The van der Waals surface area contributed by atoms with Gasteiger partial charge in [-0.15, -0.1) is 0 Å². The van der Waals surface area contributed by atoms with Gasteiger partial charge in [0.2, 0.25) is 5.91 Å². The normalized spacial score (nSPS) is 14.4. The van der Waals surface area contributed by atoms with Crippen LogP contribution in [-0.4, -0.2) is 19.6 Å². The largest absolute Gasteiger partial charge is 0.493 e. The number of nitrogens with one attached hydrogen (secondary N) is 1. The molecule has 98 valence electrons. The molecule has 0 unspecified atom stereocenters. The maximum Gasteiger partial charge on any atom is 0.387 e. The first-order valence-corrected chi connectivity index (χ1v) is 5.54. The van der Waals surface area contributed by atoms with Gasteiger partial charge in [-0.1, -0.05) is 0 Å². The summed E-state index contributed by atoms with van der Waals surface area (Å²) in [6.07, 6.45) is 1.75. The molecule has 0 atom stereocenters. The summed E-state index contributed by atoms with van der Waals surface area (Å²) in [5, 5.41) is 2.65. The van der Waals surface area contributed by atoms with E-state index in [-0.39, 0.29) is 23.3 Å². The smallest absolute Gasteiger partial charge is 0.387 e. The van der Waals surface area contributed by atoms with Crippen molar-refractivity contribution in [1.82, 2.24) is 0 Å². The SMILES string of the molecule is COc1ccc(NC(=O)C2CC2)cc1OC(F)F. The van der Waals surface area contributed by atoms with Crippen molar-refractivity contribution in [1.29, 1.82) is 0 Å². The lowest BCUT2D eigenvalue weighted by atomic mass is 10.2. The van der Waals surface area contributed by atoms with Gasteiger partial charge in [-0.05, 0) is 25.0 Å². The number of methoxy groups -OCH3 is 1. The maximum absolute atomic E-state index is 12.2. The van der Waals surface area contributed by atoms with Gasteiger partial charge in [0, 0.05) is 17.7 Å². The zero-order valence-corrected chi connectivity index (χ0v) is 9.78. The molecule has 4 nitrogen and oxygen atoms in total. The van der Waals surface area contributed by atoms with Crippen molar-refractivity contribution in [2.24, 2.45) is 5.92 Å². The molecule has 2 rings (SSSR count). The van der Waals surface area contributed by atoms with E-state index < -0.39 is 6.61 Å². The molecular weight excluding hydrogens is 244 g/mol. The number of hydrogen-bond donors (Lipinski definition) is 1. The van der Waals surface area contributed by atoms with Crippen LogP contribution in [0, 0.1) is 5.92 Å². The first kappa shape index (κ1) is 12.6. The van der Waals surface area contributed by atoms with Gasteiger partial charge in [0.25, 0.3) is 0 Å². The van der Waals surface area contributed by atoms with Gasteiger partial charge >= 0.3 is 6.61 Å². The molecule has 1 N–H and O–H groups in total. The Kier molecular flexibility index (Phi) is 3.64. The fourth-order valence-electron chi connectivity index (χ4n) is 1.53. The van der Waals surface area contributed by atoms with E-state index in [0.29, 0.717) is 5.69 Å². The highest BCUT2D eigenvalue weighted by Crippen LogP contribution is 2.33. The molecule has 1 aromatic rings. The van der Waals surface area contributed by atoms with Gasteiger partial charge in [-0.3, -0.25) is 4.79 Å². The molecule has 1 aliphatic rings. The average Bonchev–Trinajstić information content (AvgIpc) is 3.12. The second-order valence-corrected chi connectivity index (χ2v) is 4.01. The highest BCUT2D eigenvalue weighted by molar-refractivity contribution is 5.94.